The molecule has 0 aliphatic carbocycles. The summed E-state index contributed by atoms with van der Waals surface area (Å²) >= 11 is 7.13. The van der Waals surface area contributed by atoms with Crippen molar-refractivity contribution in [3.8, 4) is 11.8 Å². The highest BCUT2D eigenvalue weighted by Crippen LogP contribution is 2.15. The first-order chi connectivity index (χ1) is 9.19. The molecule has 2 aromatic rings. The minimum atomic E-state index is -0.296. The SMILES string of the molecule is NCC#Cc1csc(CNC(=O)c2ccc(Cl)o2)c1. The van der Waals surface area contributed by atoms with Gasteiger partial charge in [0, 0.05) is 15.8 Å². The van der Waals surface area contributed by atoms with Gasteiger partial charge in [-0.25, -0.2) is 0 Å². The third kappa shape index (κ3) is 3.86. The van der Waals surface area contributed by atoms with E-state index in [0.29, 0.717) is 13.1 Å². The van der Waals surface area contributed by atoms with E-state index in [2.05, 4.69) is 17.2 Å². The maximum absolute atomic E-state index is 11.7. The second-order valence-corrected chi connectivity index (χ2v) is 4.96. The van der Waals surface area contributed by atoms with Gasteiger partial charge in [-0.3, -0.25) is 4.79 Å². The van der Waals surface area contributed by atoms with E-state index in [9.17, 15) is 4.79 Å². The number of amides is 1. The lowest BCUT2D eigenvalue weighted by molar-refractivity contribution is 0.0923. The molecule has 19 heavy (non-hydrogen) atoms. The fourth-order valence-electron chi connectivity index (χ4n) is 1.38. The smallest absolute Gasteiger partial charge is 0.287 e. The molecular weight excluding hydrogens is 284 g/mol. The third-order valence-electron chi connectivity index (χ3n) is 2.21. The van der Waals surface area contributed by atoms with Crippen LogP contribution in [0, 0.1) is 11.8 Å². The van der Waals surface area contributed by atoms with Gasteiger partial charge in [0.05, 0.1) is 13.1 Å². The van der Waals surface area contributed by atoms with Crippen LogP contribution in [0.4, 0.5) is 0 Å². The normalized spacial score (nSPS) is 9.79. The van der Waals surface area contributed by atoms with Gasteiger partial charge in [-0.1, -0.05) is 11.8 Å². The van der Waals surface area contributed by atoms with Gasteiger partial charge in [0.1, 0.15) is 0 Å². The van der Waals surface area contributed by atoms with Crippen LogP contribution in [0.5, 0.6) is 0 Å². The summed E-state index contributed by atoms with van der Waals surface area (Å²) < 4.78 is 5.01. The lowest BCUT2D eigenvalue weighted by atomic mass is 10.3. The second-order valence-electron chi connectivity index (χ2n) is 3.59. The minimum Gasteiger partial charge on any atom is -0.440 e. The Morgan fingerprint density at radius 3 is 3.05 bits per heavy atom. The molecular formula is C13H11ClN2O2S. The van der Waals surface area contributed by atoms with Crippen molar-refractivity contribution in [2.24, 2.45) is 5.73 Å². The van der Waals surface area contributed by atoms with E-state index in [-0.39, 0.29) is 16.9 Å². The molecule has 0 fully saturated rings. The monoisotopic (exact) mass is 294 g/mol. The predicted octanol–water partition coefficient (Wildman–Crippen LogP) is 2.23. The van der Waals surface area contributed by atoms with Gasteiger partial charge in [-0.15, -0.1) is 11.3 Å². The molecule has 0 spiro atoms. The summed E-state index contributed by atoms with van der Waals surface area (Å²) in [6.45, 7) is 0.757. The van der Waals surface area contributed by atoms with E-state index in [4.69, 9.17) is 21.8 Å². The zero-order valence-corrected chi connectivity index (χ0v) is 11.5. The van der Waals surface area contributed by atoms with Gasteiger partial charge >= 0.3 is 0 Å². The molecule has 0 atom stereocenters. The first-order valence-corrected chi connectivity index (χ1v) is 6.74. The molecule has 6 heteroatoms. The van der Waals surface area contributed by atoms with E-state index in [1.54, 1.807) is 0 Å². The Bertz CT molecular complexity index is 636. The molecule has 0 bridgehead atoms. The molecule has 98 valence electrons. The standard InChI is InChI=1S/C13H11ClN2O2S/c14-12-4-3-11(18-12)13(17)16-7-10-6-9(8-19-10)2-1-5-15/h3-4,6,8H,5,7,15H2,(H,16,17). The number of hydrogen-bond donors (Lipinski definition) is 2. The molecule has 1 amide bonds. The van der Waals surface area contributed by atoms with Crippen LogP contribution in [-0.2, 0) is 6.54 Å². The summed E-state index contributed by atoms with van der Waals surface area (Å²) in [5, 5.41) is 4.86. The van der Waals surface area contributed by atoms with Crippen LogP contribution in [0.2, 0.25) is 5.22 Å². The Morgan fingerprint density at radius 2 is 2.37 bits per heavy atom. The number of nitrogens with two attached hydrogens (primary N) is 1. The van der Waals surface area contributed by atoms with E-state index in [1.807, 2.05) is 11.4 Å². The molecule has 3 N–H and O–H groups in total. The number of hydrogen-bond acceptors (Lipinski definition) is 4. The van der Waals surface area contributed by atoms with E-state index in [0.717, 1.165) is 10.4 Å². The molecule has 0 saturated carbocycles. The number of halogens is 1. The van der Waals surface area contributed by atoms with Crippen molar-refractivity contribution in [3.05, 3.63) is 45.0 Å². The van der Waals surface area contributed by atoms with Gasteiger partial charge in [0.2, 0.25) is 0 Å². The maximum atomic E-state index is 11.7. The molecule has 0 radical (unpaired) electrons. The largest absolute Gasteiger partial charge is 0.440 e. The number of nitrogens with one attached hydrogen (secondary N) is 1. The summed E-state index contributed by atoms with van der Waals surface area (Å²) in [6, 6.07) is 4.98. The van der Waals surface area contributed by atoms with Crippen LogP contribution in [0.25, 0.3) is 0 Å². The van der Waals surface area contributed by atoms with Crippen molar-refractivity contribution in [2.75, 3.05) is 6.54 Å². The molecule has 2 rings (SSSR count). The lowest BCUT2D eigenvalue weighted by Crippen LogP contribution is -2.21. The molecule has 2 heterocycles. The predicted molar refractivity (Wildman–Crippen MR) is 75.1 cm³/mol. The number of furan rings is 1. The zero-order valence-electron chi connectivity index (χ0n) is 9.90. The van der Waals surface area contributed by atoms with Gasteiger partial charge in [-0.05, 0) is 29.8 Å². The molecule has 0 aliphatic heterocycles. The summed E-state index contributed by atoms with van der Waals surface area (Å²) in [6.07, 6.45) is 0. The Kier molecular flexibility index (Phi) is 4.63. The van der Waals surface area contributed by atoms with E-state index < -0.39 is 0 Å². The molecule has 0 saturated heterocycles. The number of carbonyl (C=O) groups is 1. The fraction of sp³-hybridized carbons (Fsp3) is 0.154. The molecule has 2 aromatic heterocycles. The topological polar surface area (TPSA) is 68.3 Å². The fourth-order valence-corrected chi connectivity index (χ4v) is 2.28. The Hall–Kier alpha value is -1.74. The molecule has 4 nitrogen and oxygen atoms in total. The van der Waals surface area contributed by atoms with Crippen LogP contribution >= 0.6 is 22.9 Å². The highest BCUT2D eigenvalue weighted by atomic mass is 35.5. The molecule has 0 aromatic carbocycles. The van der Waals surface area contributed by atoms with Gasteiger partial charge in [0.25, 0.3) is 5.91 Å². The average molecular weight is 295 g/mol. The van der Waals surface area contributed by atoms with Crippen LogP contribution < -0.4 is 11.1 Å². The first-order valence-electron chi connectivity index (χ1n) is 5.49. The van der Waals surface area contributed by atoms with Crippen LogP contribution in [0.3, 0.4) is 0 Å². The Labute approximate surface area is 119 Å². The third-order valence-corrected chi connectivity index (χ3v) is 3.35. The van der Waals surface area contributed by atoms with Crippen molar-refractivity contribution in [2.45, 2.75) is 6.54 Å². The first kappa shape index (κ1) is 13.7. The second kappa shape index (κ2) is 6.43. The van der Waals surface area contributed by atoms with Gasteiger partial charge in [0.15, 0.2) is 11.0 Å². The Balaban J connectivity index is 1.92. The van der Waals surface area contributed by atoms with Crippen LogP contribution in [0.15, 0.2) is 28.0 Å². The zero-order chi connectivity index (χ0) is 13.7. The number of thiophene rings is 1. The summed E-state index contributed by atoms with van der Waals surface area (Å²) in [7, 11) is 0. The van der Waals surface area contributed by atoms with Crippen molar-refractivity contribution < 1.29 is 9.21 Å². The molecule has 0 unspecified atom stereocenters. The lowest BCUT2D eigenvalue weighted by Gasteiger charge is -1.99. The van der Waals surface area contributed by atoms with E-state index >= 15 is 0 Å². The highest BCUT2D eigenvalue weighted by molar-refractivity contribution is 7.10. The van der Waals surface area contributed by atoms with Crippen molar-refractivity contribution in [3.63, 3.8) is 0 Å². The Morgan fingerprint density at radius 1 is 1.53 bits per heavy atom. The van der Waals surface area contributed by atoms with Crippen LogP contribution in [-0.4, -0.2) is 12.5 Å². The van der Waals surface area contributed by atoms with Crippen LogP contribution in [0.1, 0.15) is 21.0 Å². The quantitative estimate of drug-likeness (QED) is 0.853. The number of carbonyl (C=O) groups excluding carboxylic acids is 1. The highest BCUT2D eigenvalue weighted by Gasteiger charge is 2.10. The van der Waals surface area contributed by atoms with E-state index in [1.165, 1.54) is 23.5 Å². The van der Waals surface area contributed by atoms with Crippen molar-refractivity contribution in [1.29, 1.82) is 0 Å². The number of rotatable bonds is 3. The minimum absolute atomic E-state index is 0.195. The van der Waals surface area contributed by atoms with Gasteiger partial charge < -0.3 is 15.5 Å². The molecule has 0 aliphatic rings. The summed E-state index contributed by atoms with van der Waals surface area (Å²) in [5.74, 6) is 5.62. The van der Waals surface area contributed by atoms with Crippen molar-refractivity contribution in [1.82, 2.24) is 5.32 Å². The van der Waals surface area contributed by atoms with Gasteiger partial charge in [-0.2, -0.15) is 0 Å². The summed E-state index contributed by atoms with van der Waals surface area (Å²) in [5.41, 5.74) is 6.20. The maximum Gasteiger partial charge on any atom is 0.287 e. The average Bonchev–Trinajstić information content (AvgIpc) is 3.02. The van der Waals surface area contributed by atoms with Crippen molar-refractivity contribution >= 4 is 28.8 Å². The summed E-state index contributed by atoms with van der Waals surface area (Å²) in [4.78, 5) is 12.7.